The molecule has 1 nitrogen and oxygen atoms in total. The second-order valence-electron chi connectivity index (χ2n) is 8.26. The summed E-state index contributed by atoms with van der Waals surface area (Å²) < 4.78 is 0. The Hall–Kier alpha value is -1.89. The molecule has 1 aromatic heterocycles. The standard InChI is InChI=1S/C27H37N/c1-2-3-4-5-6-7-8-9-10-11-12-13-21-26-24-19-15-14-18-23(24)25-20-16-17-22-27(25)28-26/h14-20,22H,2-13,21H2,1H3. The lowest BCUT2D eigenvalue weighted by molar-refractivity contribution is 0.543. The van der Waals surface area contributed by atoms with E-state index in [-0.39, 0.29) is 0 Å². The molecule has 0 fully saturated rings. The highest BCUT2D eigenvalue weighted by Crippen LogP contribution is 2.27. The Kier molecular flexibility index (Phi) is 8.81. The van der Waals surface area contributed by atoms with Crippen molar-refractivity contribution in [2.75, 3.05) is 0 Å². The van der Waals surface area contributed by atoms with Crippen molar-refractivity contribution in [1.82, 2.24) is 4.98 Å². The van der Waals surface area contributed by atoms with Gasteiger partial charge in [-0.25, -0.2) is 0 Å². The zero-order valence-electron chi connectivity index (χ0n) is 17.8. The van der Waals surface area contributed by atoms with Crippen LogP contribution in [0.2, 0.25) is 0 Å². The summed E-state index contributed by atoms with van der Waals surface area (Å²) in [6.45, 7) is 2.29. The molecule has 0 aliphatic carbocycles. The van der Waals surface area contributed by atoms with Crippen molar-refractivity contribution < 1.29 is 0 Å². The quantitative estimate of drug-likeness (QED) is 0.215. The average Bonchev–Trinajstić information content (AvgIpc) is 2.74. The number of pyridine rings is 1. The van der Waals surface area contributed by atoms with Gasteiger partial charge in [0.1, 0.15) is 0 Å². The zero-order valence-corrected chi connectivity index (χ0v) is 17.8. The van der Waals surface area contributed by atoms with E-state index < -0.39 is 0 Å². The number of aryl methyl sites for hydroxylation is 1. The fourth-order valence-corrected chi connectivity index (χ4v) is 4.30. The molecule has 0 aliphatic heterocycles. The molecule has 0 bridgehead atoms. The third-order valence-corrected chi connectivity index (χ3v) is 5.95. The Morgan fingerprint density at radius 2 is 1.04 bits per heavy atom. The van der Waals surface area contributed by atoms with E-state index in [0.717, 1.165) is 11.9 Å². The molecule has 0 unspecified atom stereocenters. The summed E-state index contributed by atoms with van der Waals surface area (Å²) in [5, 5.41) is 3.96. The molecular weight excluding hydrogens is 338 g/mol. The van der Waals surface area contributed by atoms with Crippen molar-refractivity contribution in [3.8, 4) is 0 Å². The predicted octanol–water partition coefficient (Wildman–Crippen LogP) is 8.63. The number of rotatable bonds is 13. The second kappa shape index (κ2) is 11.8. The Morgan fingerprint density at radius 1 is 0.536 bits per heavy atom. The largest absolute Gasteiger partial charge is 0.252 e. The third-order valence-electron chi connectivity index (χ3n) is 5.95. The van der Waals surface area contributed by atoms with Crippen LogP contribution in [0.5, 0.6) is 0 Å². The van der Waals surface area contributed by atoms with Gasteiger partial charge in [0, 0.05) is 16.5 Å². The molecule has 0 N–H and O–H groups in total. The van der Waals surface area contributed by atoms with Gasteiger partial charge >= 0.3 is 0 Å². The SMILES string of the molecule is CCCCCCCCCCCCCCc1nc2ccccc2c2ccccc12. The van der Waals surface area contributed by atoms with Crippen molar-refractivity contribution in [3.63, 3.8) is 0 Å². The lowest BCUT2D eigenvalue weighted by atomic mass is 10.0. The van der Waals surface area contributed by atoms with Crippen molar-refractivity contribution in [2.24, 2.45) is 0 Å². The maximum Gasteiger partial charge on any atom is 0.0711 e. The van der Waals surface area contributed by atoms with Gasteiger partial charge in [-0.05, 0) is 24.3 Å². The molecule has 0 aliphatic rings. The molecule has 0 amide bonds. The molecule has 3 aromatic rings. The average molecular weight is 376 g/mol. The monoisotopic (exact) mass is 375 g/mol. The van der Waals surface area contributed by atoms with Gasteiger partial charge < -0.3 is 0 Å². The van der Waals surface area contributed by atoms with E-state index in [0.29, 0.717) is 0 Å². The zero-order chi connectivity index (χ0) is 19.4. The first-order valence-corrected chi connectivity index (χ1v) is 11.7. The highest BCUT2D eigenvalue weighted by atomic mass is 14.7. The number of hydrogen-bond donors (Lipinski definition) is 0. The number of unbranched alkanes of at least 4 members (excludes halogenated alkanes) is 11. The van der Waals surface area contributed by atoms with Crippen LogP contribution in [-0.2, 0) is 6.42 Å². The van der Waals surface area contributed by atoms with Crippen molar-refractivity contribution in [1.29, 1.82) is 0 Å². The molecule has 0 saturated heterocycles. The molecule has 0 spiro atoms. The third kappa shape index (κ3) is 6.06. The number of hydrogen-bond acceptors (Lipinski definition) is 1. The number of nitrogens with zero attached hydrogens (tertiary/aromatic N) is 1. The fraction of sp³-hybridized carbons (Fsp3) is 0.519. The van der Waals surface area contributed by atoms with Crippen molar-refractivity contribution in [2.45, 2.75) is 90.4 Å². The van der Waals surface area contributed by atoms with Gasteiger partial charge in [-0.2, -0.15) is 0 Å². The van der Waals surface area contributed by atoms with E-state index in [1.54, 1.807) is 0 Å². The normalized spacial score (nSPS) is 11.5. The van der Waals surface area contributed by atoms with Crippen LogP contribution in [0.1, 0.15) is 89.7 Å². The predicted molar refractivity (Wildman–Crippen MR) is 124 cm³/mol. The summed E-state index contributed by atoms with van der Waals surface area (Å²) in [5.41, 5.74) is 2.41. The molecular formula is C27H37N. The number of fused-ring (bicyclic) bond motifs is 3. The van der Waals surface area contributed by atoms with Crippen molar-refractivity contribution >= 4 is 21.7 Å². The van der Waals surface area contributed by atoms with Crippen LogP contribution >= 0.6 is 0 Å². The highest BCUT2D eigenvalue weighted by molar-refractivity contribution is 6.06. The summed E-state index contributed by atoms with van der Waals surface area (Å²) in [6, 6.07) is 17.3. The Balaban J connectivity index is 1.39. The molecule has 2 aromatic carbocycles. The van der Waals surface area contributed by atoms with Crippen LogP contribution in [0, 0.1) is 0 Å². The molecule has 28 heavy (non-hydrogen) atoms. The fourth-order valence-electron chi connectivity index (χ4n) is 4.30. The topological polar surface area (TPSA) is 12.9 Å². The van der Waals surface area contributed by atoms with Gasteiger partial charge in [-0.15, -0.1) is 0 Å². The summed E-state index contributed by atoms with van der Waals surface area (Å²) in [5.74, 6) is 0. The minimum atomic E-state index is 1.10. The lowest BCUT2D eigenvalue weighted by Gasteiger charge is -2.09. The molecule has 3 rings (SSSR count). The van der Waals surface area contributed by atoms with Crippen LogP contribution in [-0.4, -0.2) is 4.98 Å². The molecule has 0 atom stereocenters. The summed E-state index contributed by atoms with van der Waals surface area (Å²) >= 11 is 0. The van der Waals surface area contributed by atoms with E-state index in [4.69, 9.17) is 4.98 Å². The van der Waals surface area contributed by atoms with E-state index in [9.17, 15) is 0 Å². The van der Waals surface area contributed by atoms with Gasteiger partial charge in [-0.1, -0.05) is 120 Å². The van der Waals surface area contributed by atoms with E-state index in [1.807, 2.05) is 0 Å². The molecule has 1 heteroatoms. The van der Waals surface area contributed by atoms with E-state index >= 15 is 0 Å². The number of para-hydroxylation sites is 1. The maximum atomic E-state index is 4.99. The summed E-state index contributed by atoms with van der Waals surface area (Å²) in [7, 11) is 0. The molecule has 0 radical (unpaired) electrons. The van der Waals surface area contributed by atoms with Gasteiger partial charge in [0.05, 0.1) is 5.52 Å². The molecule has 0 saturated carbocycles. The first-order valence-electron chi connectivity index (χ1n) is 11.7. The van der Waals surface area contributed by atoms with Crippen molar-refractivity contribution in [3.05, 3.63) is 54.2 Å². The van der Waals surface area contributed by atoms with E-state index in [2.05, 4.69) is 55.5 Å². The van der Waals surface area contributed by atoms with Gasteiger partial charge in [0.15, 0.2) is 0 Å². The van der Waals surface area contributed by atoms with Crippen LogP contribution in [0.15, 0.2) is 48.5 Å². The Bertz CT molecular complexity index is 836. The van der Waals surface area contributed by atoms with Crippen LogP contribution in [0.4, 0.5) is 0 Å². The maximum absolute atomic E-state index is 4.99. The lowest BCUT2D eigenvalue weighted by Crippen LogP contribution is -1.94. The molecule has 150 valence electrons. The molecule has 1 heterocycles. The summed E-state index contributed by atoms with van der Waals surface area (Å²) in [4.78, 5) is 4.99. The number of benzene rings is 2. The first kappa shape index (κ1) is 20.8. The first-order chi connectivity index (χ1) is 13.9. The van der Waals surface area contributed by atoms with Gasteiger partial charge in [-0.3, -0.25) is 4.98 Å². The van der Waals surface area contributed by atoms with Gasteiger partial charge in [0.25, 0.3) is 0 Å². The Labute approximate surface area is 171 Å². The van der Waals surface area contributed by atoms with Crippen LogP contribution < -0.4 is 0 Å². The number of aromatic nitrogens is 1. The Morgan fingerprint density at radius 3 is 1.68 bits per heavy atom. The minimum absolute atomic E-state index is 1.10. The van der Waals surface area contributed by atoms with Crippen LogP contribution in [0.25, 0.3) is 21.7 Å². The second-order valence-corrected chi connectivity index (χ2v) is 8.26. The van der Waals surface area contributed by atoms with Gasteiger partial charge in [0.2, 0.25) is 0 Å². The highest BCUT2D eigenvalue weighted by Gasteiger charge is 2.07. The smallest absolute Gasteiger partial charge is 0.0711 e. The summed E-state index contributed by atoms with van der Waals surface area (Å²) in [6.07, 6.45) is 17.9. The van der Waals surface area contributed by atoms with Crippen LogP contribution in [0.3, 0.4) is 0 Å². The van der Waals surface area contributed by atoms with E-state index in [1.165, 1.54) is 98.9 Å². The minimum Gasteiger partial charge on any atom is -0.252 e.